The van der Waals surface area contributed by atoms with Crippen LogP contribution < -0.4 is 9.80 Å². The van der Waals surface area contributed by atoms with E-state index in [0.29, 0.717) is 5.69 Å². The highest BCUT2D eigenvalue weighted by molar-refractivity contribution is 6.25. The van der Waals surface area contributed by atoms with Gasteiger partial charge in [-0.1, -0.05) is 56.2 Å². The van der Waals surface area contributed by atoms with E-state index in [2.05, 4.69) is 17.0 Å². The minimum Gasteiger partial charge on any atom is -0.353 e. The molecule has 0 radical (unpaired) electrons. The maximum atomic E-state index is 14.0. The van der Waals surface area contributed by atoms with Gasteiger partial charge in [0.1, 0.15) is 6.04 Å². The topological polar surface area (TPSA) is 57.7 Å². The third-order valence-corrected chi connectivity index (χ3v) is 7.60. The number of nitrogens with zero attached hydrogens (tertiary/aromatic N) is 2. The van der Waals surface area contributed by atoms with Gasteiger partial charge in [0.2, 0.25) is 11.8 Å². The molecule has 3 aliphatic heterocycles. The number of carbonyl (C=O) groups excluding carboxylic acids is 3. The van der Waals surface area contributed by atoms with Crippen LogP contribution in [0.15, 0.2) is 42.5 Å². The van der Waals surface area contributed by atoms with E-state index in [0.717, 1.165) is 33.5 Å². The van der Waals surface area contributed by atoms with Crippen molar-refractivity contribution >= 4 is 34.5 Å². The average molecular weight is 457 g/mol. The summed E-state index contributed by atoms with van der Waals surface area (Å²) in [5.41, 5.74) is 6.14. The molecule has 5 heteroatoms. The van der Waals surface area contributed by atoms with Crippen LogP contribution in [-0.4, -0.2) is 29.7 Å². The number of aryl methyl sites for hydroxylation is 3. The van der Waals surface area contributed by atoms with Gasteiger partial charge in [0.25, 0.3) is 0 Å². The van der Waals surface area contributed by atoms with Crippen LogP contribution in [-0.2, 0) is 14.4 Å². The first kappa shape index (κ1) is 22.6. The van der Waals surface area contributed by atoms with Crippen molar-refractivity contribution in [1.29, 1.82) is 0 Å². The first-order valence-corrected chi connectivity index (χ1v) is 12.0. The molecule has 4 atom stereocenters. The summed E-state index contributed by atoms with van der Waals surface area (Å²) in [6, 6.07) is 10.9. The second-order valence-corrected chi connectivity index (χ2v) is 11.2. The van der Waals surface area contributed by atoms with Crippen molar-refractivity contribution in [3.63, 3.8) is 0 Å². The second kappa shape index (κ2) is 7.39. The highest BCUT2D eigenvalue weighted by atomic mass is 16.2. The maximum Gasteiger partial charge on any atom is 0.240 e. The molecule has 2 amide bonds. The lowest BCUT2D eigenvalue weighted by atomic mass is 9.79. The molecule has 5 rings (SSSR count). The second-order valence-electron chi connectivity index (χ2n) is 11.2. The van der Waals surface area contributed by atoms with Gasteiger partial charge < -0.3 is 4.90 Å². The summed E-state index contributed by atoms with van der Waals surface area (Å²) in [4.78, 5) is 45.2. The van der Waals surface area contributed by atoms with E-state index in [-0.39, 0.29) is 23.6 Å². The quantitative estimate of drug-likeness (QED) is 0.597. The Morgan fingerprint density at radius 2 is 1.41 bits per heavy atom. The highest BCUT2D eigenvalue weighted by Gasteiger charge is 2.65. The minimum absolute atomic E-state index is 0.00638. The van der Waals surface area contributed by atoms with Crippen LogP contribution in [0.1, 0.15) is 49.9 Å². The van der Waals surface area contributed by atoms with Gasteiger partial charge in [0, 0.05) is 16.7 Å². The van der Waals surface area contributed by atoms with E-state index < -0.39 is 23.3 Å². The van der Waals surface area contributed by atoms with Crippen molar-refractivity contribution in [2.45, 2.75) is 60.5 Å². The number of fused-ring (bicyclic) bond motifs is 5. The lowest BCUT2D eigenvalue weighted by Crippen LogP contribution is -2.51. The molecule has 3 aliphatic rings. The fraction of sp³-hybridized carbons (Fsp3) is 0.414. The highest BCUT2D eigenvalue weighted by Crippen LogP contribution is 2.52. The van der Waals surface area contributed by atoms with Crippen molar-refractivity contribution in [2.24, 2.45) is 17.3 Å². The predicted molar refractivity (Wildman–Crippen MR) is 135 cm³/mol. The van der Waals surface area contributed by atoms with Gasteiger partial charge >= 0.3 is 0 Å². The number of Topliss-reactive ketones (excluding diaryl/α,β-unsaturated/α-hetero) is 1. The van der Waals surface area contributed by atoms with Crippen LogP contribution in [0, 0.1) is 38.0 Å². The van der Waals surface area contributed by atoms with Crippen molar-refractivity contribution in [2.75, 3.05) is 9.80 Å². The zero-order valence-electron chi connectivity index (χ0n) is 21.0. The van der Waals surface area contributed by atoms with E-state index in [4.69, 9.17) is 0 Å². The number of amides is 2. The van der Waals surface area contributed by atoms with Crippen LogP contribution in [0.25, 0.3) is 5.57 Å². The fourth-order valence-corrected chi connectivity index (χ4v) is 5.99. The molecule has 2 fully saturated rings. The zero-order valence-corrected chi connectivity index (χ0v) is 21.0. The Balaban J connectivity index is 1.69. The molecule has 0 unspecified atom stereocenters. The molecule has 0 aromatic heterocycles. The molecule has 2 aromatic carbocycles. The summed E-state index contributed by atoms with van der Waals surface area (Å²) in [6.45, 7) is 13.7. The van der Waals surface area contributed by atoms with Crippen LogP contribution >= 0.6 is 0 Å². The van der Waals surface area contributed by atoms with Crippen LogP contribution in [0.5, 0.6) is 0 Å². The van der Waals surface area contributed by atoms with Gasteiger partial charge in [-0.2, -0.15) is 0 Å². The van der Waals surface area contributed by atoms with Crippen LogP contribution in [0.4, 0.5) is 11.4 Å². The predicted octanol–water partition coefficient (Wildman–Crippen LogP) is 5.01. The summed E-state index contributed by atoms with van der Waals surface area (Å²) in [6.07, 6.45) is 2.09. The molecule has 0 saturated carbocycles. The Bertz CT molecular complexity index is 1280. The van der Waals surface area contributed by atoms with Gasteiger partial charge in [-0.15, -0.1) is 0 Å². The van der Waals surface area contributed by atoms with E-state index >= 15 is 0 Å². The summed E-state index contributed by atoms with van der Waals surface area (Å²) >= 11 is 0. The number of anilines is 2. The number of hydrogen-bond acceptors (Lipinski definition) is 4. The molecule has 34 heavy (non-hydrogen) atoms. The molecular weight excluding hydrogens is 424 g/mol. The molecular formula is C29H32N2O3. The summed E-state index contributed by atoms with van der Waals surface area (Å²) in [5.74, 6) is -1.78. The third kappa shape index (κ3) is 3.09. The van der Waals surface area contributed by atoms with Gasteiger partial charge in [0.15, 0.2) is 5.78 Å². The van der Waals surface area contributed by atoms with E-state index in [1.165, 1.54) is 4.90 Å². The van der Waals surface area contributed by atoms with E-state index in [9.17, 15) is 14.4 Å². The van der Waals surface area contributed by atoms with Gasteiger partial charge in [-0.25, -0.2) is 4.90 Å². The molecule has 0 spiro atoms. The molecule has 5 nitrogen and oxygen atoms in total. The Hall–Kier alpha value is -3.21. The number of carbonyl (C=O) groups is 3. The van der Waals surface area contributed by atoms with Crippen molar-refractivity contribution in [3.05, 3.63) is 64.7 Å². The van der Waals surface area contributed by atoms with Crippen molar-refractivity contribution in [1.82, 2.24) is 0 Å². The number of hydrogen-bond donors (Lipinski definition) is 0. The third-order valence-electron chi connectivity index (χ3n) is 7.60. The number of ketones is 1. The molecule has 3 heterocycles. The molecule has 0 bridgehead atoms. The summed E-state index contributed by atoms with van der Waals surface area (Å²) < 4.78 is 0. The maximum absolute atomic E-state index is 14.0. The SMILES string of the molecule is CC1=C[C@@H]2[C@@H]3C(=O)N(c4ccc(C)cc4C)C(=O)[C@H]3[C@@H](C(=O)C(C)(C)C)N2c2ccc(C)cc21. The first-order valence-electron chi connectivity index (χ1n) is 12.0. The van der Waals surface area contributed by atoms with Gasteiger partial charge in [-0.05, 0) is 57.0 Å². The molecule has 0 aliphatic carbocycles. The van der Waals surface area contributed by atoms with E-state index in [1.54, 1.807) is 0 Å². The Morgan fingerprint density at radius 1 is 0.824 bits per heavy atom. The zero-order chi connectivity index (χ0) is 24.7. The molecule has 2 aromatic rings. The molecule has 176 valence electrons. The van der Waals surface area contributed by atoms with Crippen molar-refractivity contribution < 1.29 is 14.4 Å². The average Bonchev–Trinajstić information content (AvgIpc) is 3.20. The van der Waals surface area contributed by atoms with Gasteiger partial charge in [-0.3, -0.25) is 14.4 Å². The van der Waals surface area contributed by atoms with Crippen LogP contribution in [0.2, 0.25) is 0 Å². The number of rotatable bonds is 2. The first-order chi connectivity index (χ1) is 15.9. The fourth-order valence-electron chi connectivity index (χ4n) is 5.99. The summed E-state index contributed by atoms with van der Waals surface area (Å²) in [7, 11) is 0. The van der Waals surface area contributed by atoms with E-state index in [1.807, 2.05) is 78.8 Å². The molecule has 0 N–H and O–H groups in total. The Kier molecular flexibility index (Phi) is 4.91. The van der Waals surface area contributed by atoms with Crippen molar-refractivity contribution in [3.8, 4) is 0 Å². The minimum atomic E-state index is -0.707. The Morgan fingerprint density at radius 3 is 2.03 bits per heavy atom. The lowest BCUT2D eigenvalue weighted by Gasteiger charge is -2.39. The monoisotopic (exact) mass is 456 g/mol. The largest absolute Gasteiger partial charge is 0.353 e. The van der Waals surface area contributed by atoms with Gasteiger partial charge in [0.05, 0.1) is 23.6 Å². The lowest BCUT2D eigenvalue weighted by molar-refractivity contribution is -0.132. The normalized spacial score (nSPS) is 25.8. The number of imide groups is 1. The smallest absolute Gasteiger partial charge is 0.240 e. The summed E-state index contributed by atoms with van der Waals surface area (Å²) in [5, 5.41) is 0. The number of benzene rings is 2. The standard InChI is InChI=1S/C29H32N2O3/c1-15-8-10-20(18(4)12-15)31-27(33)23-22-14-17(3)19-13-16(2)9-11-21(19)30(22)25(24(23)28(31)34)26(32)29(5,6)7/h8-14,22-25H,1-7H3/t22-,23+,24-,25+/m1/s1. The Labute approximate surface area is 201 Å². The van der Waals surface area contributed by atoms with Crippen LogP contribution in [0.3, 0.4) is 0 Å². The number of allylic oxidation sites excluding steroid dienone is 1. The molecule has 2 saturated heterocycles.